The van der Waals surface area contributed by atoms with Crippen LogP contribution < -0.4 is 11.3 Å². The van der Waals surface area contributed by atoms with Crippen molar-refractivity contribution in [2.75, 3.05) is 12.3 Å². The van der Waals surface area contributed by atoms with Crippen molar-refractivity contribution in [3.05, 3.63) is 21.7 Å². The van der Waals surface area contributed by atoms with E-state index < -0.39 is 5.60 Å². The Kier molecular flexibility index (Phi) is 4.24. The van der Waals surface area contributed by atoms with Gasteiger partial charge in [0.15, 0.2) is 0 Å². The molecule has 1 fully saturated rings. The van der Waals surface area contributed by atoms with Crippen LogP contribution in [0, 0.1) is 6.92 Å². The van der Waals surface area contributed by atoms with E-state index in [1.807, 2.05) is 6.92 Å². The van der Waals surface area contributed by atoms with Gasteiger partial charge >= 0.3 is 0 Å². The summed E-state index contributed by atoms with van der Waals surface area (Å²) in [6.07, 6.45) is 6.40. The largest absolute Gasteiger partial charge is 0.383 e. The lowest BCUT2D eigenvalue weighted by Gasteiger charge is -2.31. The van der Waals surface area contributed by atoms with Gasteiger partial charge in [0.05, 0.1) is 5.56 Å². The highest BCUT2D eigenvalue weighted by Crippen LogP contribution is 2.37. The number of ether oxygens (including phenoxy) is 1. The molecule has 0 aliphatic heterocycles. The number of hydrogen-bond acceptors (Lipinski definition) is 4. The Balaban J connectivity index is 2.45. The molecule has 1 aromatic heterocycles. The first-order chi connectivity index (χ1) is 9.09. The predicted molar refractivity (Wildman–Crippen MR) is 75.0 cm³/mol. The number of aromatic amines is 1. The molecule has 0 saturated heterocycles. The summed E-state index contributed by atoms with van der Waals surface area (Å²) in [5.74, 6) is 0.909. The summed E-state index contributed by atoms with van der Waals surface area (Å²) in [7, 11) is 0. The average Bonchev–Trinajstić information content (AvgIpc) is 2.62. The molecule has 106 valence electrons. The minimum absolute atomic E-state index is 0.161. The van der Waals surface area contributed by atoms with Gasteiger partial charge in [0, 0.05) is 6.61 Å². The van der Waals surface area contributed by atoms with E-state index in [0.29, 0.717) is 23.8 Å². The minimum Gasteiger partial charge on any atom is -0.383 e. The van der Waals surface area contributed by atoms with Gasteiger partial charge in [-0.15, -0.1) is 0 Å². The SMILES string of the molecule is CCOC1(c2nc(N)c(C)c(=O)[nH]2)CCCCCC1. The zero-order valence-corrected chi connectivity index (χ0v) is 11.8. The van der Waals surface area contributed by atoms with Crippen LogP contribution in [0.3, 0.4) is 0 Å². The number of rotatable bonds is 3. The van der Waals surface area contributed by atoms with E-state index in [1.165, 1.54) is 12.8 Å². The Bertz CT molecular complexity index is 488. The van der Waals surface area contributed by atoms with Crippen molar-refractivity contribution >= 4 is 5.82 Å². The minimum atomic E-state index is -0.466. The van der Waals surface area contributed by atoms with Crippen LogP contribution >= 0.6 is 0 Å². The first kappa shape index (κ1) is 14.1. The van der Waals surface area contributed by atoms with Crippen molar-refractivity contribution < 1.29 is 4.74 Å². The fourth-order valence-electron chi connectivity index (χ4n) is 2.79. The Morgan fingerprint density at radius 1 is 1.32 bits per heavy atom. The smallest absolute Gasteiger partial charge is 0.255 e. The molecule has 1 aliphatic rings. The third-order valence-electron chi connectivity index (χ3n) is 3.95. The molecule has 0 aromatic carbocycles. The van der Waals surface area contributed by atoms with Gasteiger partial charge in [-0.2, -0.15) is 0 Å². The molecular weight excluding hydrogens is 242 g/mol. The molecule has 2 rings (SSSR count). The molecule has 0 radical (unpaired) electrons. The van der Waals surface area contributed by atoms with Gasteiger partial charge < -0.3 is 15.5 Å². The normalized spacial score (nSPS) is 19.1. The number of nitrogen functional groups attached to an aromatic ring is 1. The lowest BCUT2D eigenvalue weighted by atomic mass is 9.93. The summed E-state index contributed by atoms with van der Waals surface area (Å²) in [6.45, 7) is 4.27. The molecule has 1 aromatic rings. The van der Waals surface area contributed by atoms with Gasteiger partial charge in [-0.1, -0.05) is 25.7 Å². The van der Waals surface area contributed by atoms with Gasteiger partial charge in [0.2, 0.25) is 0 Å². The average molecular weight is 265 g/mol. The van der Waals surface area contributed by atoms with Gasteiger partial charge in [0.1, 0.15) is 17.2 Å². The highest BCUT2D eigenvalue weighted by atomic mass is 16.5. The predicted octanol–water partition coefficient (Wildman–Crippen LogP) is 2.25. The van der Waals surface area contributed by atoms with Gasteiger partial charge in [-0.05, 0) is 26.7 Å². The summed E-state index contributed by atoms with van der Waals surface area (Å²) in [6, 6.07) is 0. The molecule has 0 amide bonds. The lowest BCUT2D eigenvalue weighted by Crippen LogP contribution is -2.34. The standard InChI is InChI=1S/C14H23N3O2/c1-3-19-14(8-6-4-5-7-9-14)13-16-11(15)10(2)12(18)17-13/h3-9H2,1-2H3,(H3,15,16,17,18). The lowest BCUT2D eigenvalue weighted by molar-refractivity contribution is -0.0625. The van der Waals surface area contributed by atoms with Crippen molar-refractivity contribution in [2.45, 2.75) is 58.0 Å². The van der Waals surface area contributed by atoms with Crippen LogP contribution in [0.4, 0.5) is 5.82 Å². The van der Waals surface area contributed by atoms with E-state index in [9.17, 15) is 4.79 Å². The second-order valence-corrected chi connectivity index (χ2v) is 5.27. The highest BCUT2D eigenvalue weighted by Gasteiger charge is 2.36. The third-order valence-corrected chi connectivity index (χ3v) is 3.95. The summed E-state index contributed by atoms with van der Waals surface area (Å²) >= 11 is 0. The van der Waals surface area contributed by atoms with Crippen LogP contribution in [0.25, 0.3) is 0 Å². The first-order valence-electron chi connectivity index (χ1n) is 7.10. The number of aromatic nitrogens is 2. The number of anilines is 1. The van der Waals surface area contributed by atoms with E-state index in [0.717, 1.165) is 25.7 Å². The fourth-order valence-corrected chi connectivity index (χ4v) is 2.79. The summed E-state index contributed by atoms with van der Waals surface area (Å²) < 4.78 is 6.00. The topological polar surface area (TPSA) is 81.0 Å². The number of hydrogen-bond donors (Lipinski definition) is 2. The molecule has 1 aliphatic carbocycles. The number of nitrogens with one attached hydrogen (secondary N) is 1. The molecule has 1 saturated carbocycles. The van der Waals surface area contributed by atoms with Crippen molar-refractivity contribution in [3.8, 4) is 0 Å². The number of nitrogens with zero attached hydrogens (tertiary/aromatic N) is 1. The van der Waals surface area contributed by atoms with E-state index >= 15 is 0 Å². The van der Waals surface area contributed by atoms with Crippen LogP contribution in [0.5, 0.6) is 0 Å². The quantitative estimate of drug-likeness (QED) is 0.821. The van der Waals surface area contributed by atoms with Crippen molar-refractivity contribution in [1.29, 1.82) is 0 Å². The summed E-state index contributed by atoms with van der Waals surface area (Å²) in [4.78, 5) is 19.2. The molecular formula is C14H23N3O2. The van der Waals surface area contributed by atoms with Crippen LogP contribution in [-0.2, 0) is 10.3 Å². The summed E-state index contributed by atoms with van der Waals surface area (Å²) in [5.41, 5.74) is 5.68. The van der Waals surface area contributed by atoms with Crippen LogP contribution in [0.15, 0.2) is 4.79 Å². The Labute approximate surface area is 113 Å². The van der Waals surface area contributed by atoms with Gasteiger partial charge in [-0.3, -0.25) is 4.79 Å². The fraction of sp³-hybridized carbons (Fsp3) is 0.714. The van der Waals surface area contributed by atoms with E-state index in [4.69, 9.17) is 10.5 Å². The Morgan fingerprint density at radius 2 is 1.95 bits per heavy atom. The zero-order chi connectivity index (χ0) is 13.9. The van der Waals surface area contributed by atoms with E-state index in [1.54, 1.807) is 6.92 Å². The van der Waals surface area contributed by atoms with Gasteiger partial charge in [-0.25, -0.2) is 4.98 Å². The molecule has 3 N–H and O–H groups in total. The molecule has 5 heteroatoms. The molecule has 0 unspecified atom stereocenters. The maximum absolute atomic E-state index is 11.9. The first-order valence-corrected chi connectivity index (χ1v) is 7.10. The molecule has 0 bridgehead atoms. The van der Waals surface area contributed by atoms with Crippen LogP contribution in [0.2, 0.25) is 0 Å². The zero-order valence-electron chi connectivity index (χ0n) is 11.8. The van der Waals surface area contributed by atoms with E-state index in [2.05, 4.69) is 9.97 Å². The second-order valence-electron chi connectivity index (χ2n) is 5.27. The molecule has 0 atom stereocenters. The Hall–Kier alpha value is -1.36. The van der Waals surface area contributed by atoms with Crippen LogP contribution in [0.1, 0.15) is 56.8 Å². The molecule has 19 heavy (non-hydrogen) atoms. The molecule has 0 spiro atoms. The summed E-state index contributed by atoms with van der Waals surface area (Å²) in [5, 5.41) is 0. The van der Waals surface area contributed by atoms with E-state index in [-0.39, 0.29) is 5.56 Å². The van der Waals surface area contributed by atoms with Gasteiger partial charge in [0.25, 0.3) is 5.56 Å². The second kappa shape index (κ2) is 5.74. The molecule has 5 nitrogen and oxygen atoms in total. The van der Waals surface area contributed by atoms with Crippen molar-refractivity contribution in [2.24, 2.45) is 0 Å². The number of nitrogens with two attached hydrogens (primary N) is 1. The highest BCUT2D eigenvalue weighted by molar-refractivity contribution is 5.36. The maximum Gasteiger partial charge on any atom is 0.255 e. The maximum atomic E-state index is 11.9. The third kappa shape index (κ3) is 2.81. The van der Waals surface area contributed by atoms with Crippen molar-refractivity contribution in [1.82, 2.24) is 9.97 Å². The van der Waals surface area contributed by atoms with Crippen LogP contribution in [-0.4, -0.2) is 16.6 Å². The number of H-pyrrole nitrogens is 1. The van der Waals surface area contributed by atoms with Crippen molar-refractivity contribution in [3.63, 3.8) is 0 Å². The monoisotopic (exact) mass is 265 g/mol. The Morgan fingerprint density at radius 3 is 2.47 bits per heavy atom. The molecule has 1 heterocycles.